The number of phenolic OH excluding ortho intramolecular Hbond substituents is 1. The smallest absolute Gasteiger partial charge is 0.120 e. The molecule has 0 radical (unpaired) electrons. The fourth-order valence-corrected chi connectivity index (χ4v) is 1.91. The Morgan fingerprint density at radius 3 is 2.47 bits per heavy atom. The third-order valence-electron chi connectivity index (χ3n) is 2.66. The number of para-hydroxylation sites is 1. The van der Waals surface area contributed by atoms with E-state index in [0.717, 1.165) is 0 Å². The van der Waals surface area contributed by atoms with Crippen molar-refractivity contribution in [1.82, 2.24) is 0 Å². The van der Waals surface area contributed by atoms with Crippen molar-refractivity contribution in [3.63, 3.8) is 0 Å². The highest BCUT2D eigenvalue weighted by atomic mass is 35.5. The fraction of sp³-hybridized carbons (Fsp3) is 0.0769. The van der Waals surface area contributed by atoms with E-state index in [4.69, 9.17) is 23.1 Å². The van der Waals surface area contributed by atoms with Crippen LogP contribution in [0, 0.1) is 0 Å². The molecule has 0 spiro atoms. The summed E-state index contributed by atoms with van der Waals surface area (Å²) in [6.45, 7) is 0. The predicted molar refractivity (Wildman–Crippen MR) is 70.0 cm³/mol. The van der Waals surface area contributed by atoms with Crippen LogP contribution < -0.4 is 11.5 Å². The van der Waals surface area contributed by atoms with E-state index in [9.17, 15) is 5.11 Å². The highest BCUT2D eigenvalue weighted by molar-refractivity contribution is 6.30. The highest BCUT2D eigenvalue weighted by Gasteiger charge is 2.15. The van der Waals surface area contributed by atoms with E-state index in [0.29, 0.717) is 21.8 Å². The van der Waals surface area contributed by atoms with Crippen molar-refractivity contribution < 1.29 is 5.11 Å². The molecule has 0 saturated carbocycles. The summed E-state index contributed by atoms with van der Waals surface area (Å²) in [5.74, 6) is 0.152. The quantitative estimate of drug-likeness (QED) is 0.716. The molecule has 4 heteroatoms. The fourth-order valence-electron chi connectivity index (χ4n) is 1.73. The Hall–Kier alpha value is -1.71. The molecule has 0 aliphatic rings. The maximum Gasteiger partial charge on any atom is 0.120 e. The minimum absolute atomic E-state index is 0.152. The van der Waals surface area contributed by atoms with E-state index in [1.807, 2.05) is 6.07 Å². The molecule has 2 rings (SSSR count). The van der Waals surface area contributed by atoms with E-state index in [2.05, 4.69) is 0 Å². The van der Waals surface area contributed by atoms with E-state index >= 15 is 0 Å². The Kier molecular flexibility index (Phi) is 3.22. The van der Waals surface area contributed by atoms with Gasteiger partial charge in [-0.1, -0.05) is 29.8 Å². The Morgan fingerprint density at radius 1 is 1.06 bits per heavy atom. The van der Waals surface area contributed by atoms with Gasteiger partial charge in [-0.2, -0.15) is 0 Å². The zero-order chi connectivity index (χ0) is 12.4. The number of benzene rings is 2. The Bertz CT molecular complexity index is 543. The molecule has 5 N–H and O–H groups in total. The molecule has 1 atom stereocenters. The monoisotopic (exact) mass is 248 g/mol. The molecule has 2 aromatic rings. The van der Waals surface area contributed by atoms with E-state index in [-0.39, 0.29) is 5.75 Å². The summed E-state index contributed by atoms with van der Waals surface area (Å²) >= 11 is 5.91. The molecular weight excluding hydrogens is 236 g/mol. The first-order valence-electron chi connectivity index (χ1n) is 5.18. The van der Waals surface area contributed by atoms with Crippen molar-refractivity contribution in [3.05, 3.63) is 58.6 Å². The van der Waals surface area contributed by atoms with Gasteiger partial charge in [-0.15, -0.1) is 0 Å². The van der Waals surface area contributed by atoms with Gasteiger partial charge in [-0.3, -0.25) is 0 Å². The number of nitrogens with two attached hydrogens (primary N) is 2. The molecule has 0 amide bonds. The van der Waals surface area contributed by atoms with Crippen LogP contribution in [0.2, 0.25) is 5.02 Å². The third-order valence-corrected chi connectivity index (χ3v) is 2.89. The van der Waals surface area contributed by atoms with Crippen molar-refractivity contribution >= 4 is 17.3 Å². The number of anilines is 1. The van der Waals surface area contributed by atoms with Crippen LogP contribution in [-0.2, 0) is 0 Å². The van der Waals surface area contributed by atoms with Crippen molar-refractivity contribution in [2.24, 2.45) is 5.73 Å². The van der Waals surface area contributed by atoms with Gasteiger partial charge in [-0.25, -0.2) is 0 Å². The number of phenols is 1. The highest BCUT2D eigenvalue weighted by Crippen LogP contribution is 2.31. The van der Waals surface area contributed by atoms with Crippen molar-refractivity contribution in [2.45, 2.75) is 6.04 Å². The number of halogens is 1. The van der Waals surface area contributed by atoms with Crippen LogP contribution in [0.4, 0.5) is 5.69 Å². The summed E-state index contributed by atoms with van der Waals surface area (Å²) in [5, 5.41) is 10.3. The molecule has 0 unspecified atom stereocenters. The molecule has 0 aliphatic heterocycles. The van der Waals surface area contributed by atoms with Gasteiger partial charge in [0.05, 0.1) is 6.04 Å². The van der Waals surface area contributed by atoms with Crippen LogP contribution in [-0.4, -0.2) is 5.11 Å². The lowest BCUT2D eigenvalue weighted by atomic mass is 9.97. The molecule has 0 heterocycles. The van der Waals surface area contributed by atoms with Gasteiger partial charge in [0.1, 0.15) is 5.75 Å². The summed E-state index contributed by atoms with van der Waals surface area (Å²) in [5.41, 5.74) is 13.8. The van der Waals surface area contributed by atoms with E-state index in [1.165, 1.54) is 0 Å². The molecule has 88 valence electrons. The van der Waals surface area contributed by atoms with Crippen LogP contribution in [0.15, 0.2) is 42.5 Å². The SMILES string of the molecule is Nc1ccc(Cl)cc1[C@H](N)c1ccccc1O. The van der Waals surface area contributed by atoms with Gasteiger partial charge in [0, 0.05) is 16.3 Å². The summed E-state index contributed by atoms with van der Waals surface area (Å²) in [6.07, 6.45) is 0. The molecule has 0 fully saturated rings. The topological polar surface area (TPSA) is 72.3 Å². The summed E-state index contributed by atoms with van der Waals surface area (Å²) in [6, 6.07) is 11.6. The van der Waals surface area contributed by atoms with Crippen LogP contribution in [0.3, 0.4) is 0 Å². The second-order valence-electron chi connectivity index (χ2n) is 3.81. The lowest BCUT2D eigenvalue weighted by molar-refractivity contribution is 0.465. The zero-order valence-corrected chi connectivity index (χ0v) is 9.85. The molecule has 17 heavy (non-hydrogen) atoms. The Morgan fingerprint density at radius 2 is 1.76 bits per heavy atom. The molecule has 2 aromatic carbocycles. The molecule has 0 aromatic heterocycles. The van der Waals surface area contributed by atoms with Crippen LogP contribution in [0.1, 0.15) is 17.2 Å². The largest absolute Gasteiger partial charge is 0.508 e. The summed E-state index contributed by atoms with van der Waals surface area (Å²) in [4.78, 5) is 0. The standard InChI is InChI=1S/C13H13ClN2O/c14-8-5-6-11(15)10(7-8)13(16)9-3-1-2-4-12(9)17/h1-7,13,17H,15-16H2/t13-/m1/s1. The average Bonchev–Trinajstić information content (AvgIpc) is 2.32. The van der Waals surface area contributed by atoms with E-state index < -0.39 is 6.04 Å². The first kappa shape index (κ1) is 11.8. The molecule has 0 aliphatic carbocycles. The van der Waals surface area contributed by atoms with Crippen molar-refractivity contribution in [1.29, 1.82) is 0 Å². The minimum atomic E-state index is -0.491. The lowest BCUT2D eigenvalue weighted by Gasteiger charge is -2.16. The van der Waals surface area contributed by atoms with E-state index in [1.54, 1.807) is 36.4 Å². The number of aromatic hydroxyl groups is 1. The maximum absolute atomic E-state index is 9.75. The summed E-state index contributed by atoms with van der Waals surface area (Å²) in [7, 11) is 0. The van der Waals surface area contributed by atoms with Gasteiger partial charge in [0.15, 0.2) is 0 Å². The Labute approximate surface area is 105 Å². The van der Waals surface area contributed by atoms with Gasteiger partial charge in [0.25, 0.3) is 0 Å². The average molecular weight is 249 g/mol. The maximum atomic E-state index is 9.75. The van der Waals surface area contributed by atoms with Crippen LogP contribution in [0.25, 0.3) is 0 Å². The zero-order valence-electron chi connectivity index (χ0n) is 9.10. The predicted octanol–water partition coefficient (Wildman–Crippen LogP) is 2.68. The van der Waals surface area contributed by atoms with Crippen LogP contribution >= 0.6 is 11.6 Å². The summed E-state index contributed by atoms with van der Waals surface area (Å²) < 4.78 is 0. The van der Waals surface area contributed by atoms with Gasteiger partial charge in [-0.05, 0) is 29.8 Å². The number of nitrogen functional groups attached to an aromatic ring is 1. The van der Waals surface area contributed by atoms with Crippen LogP contribution in [0.5, 0.6) is 5.75 Å². The number of rotatable bonds is 2. The molecule has 0 bridgehead atoms. The third kappa shape index (κ3) is 2.35. The second-order valence-corrected chi connectivity index (χ2v) is 4.25. The molecule has 3 nitrogen and oxygen atoms in total. The second kappa shape index (κ2) is 4.65. The van der Waals surface area contributed by atoms with Gasteiger partial charge >= 0.3 is 0 Å². The van der Waals surface area contributed by atoms with Crippen molar-refractivity contribution in [3.8, 4) is 5.75 Å². The Balaban J connectivity index is 2.47. The molecular formula is C13H13ClN2O. The minimum Gasteiger partial charge on any atom is -0.508 e. The molecule has 0 saturated heterocycles. The lowest BCUT2D eigenvalue weighted by Crippen LogP contribution is -2.14. The first-order chi connectivity index (χ1) is 8.09. The normalized spacial score (nSPS) is 12.4. The van der Waals surface area contributed by atoms with Gasteiger partial charge in [0.2, 0.25) is 0 Å². The number of hydrogen-bond donors (Lipinski definition) is 3. The van der Waals surface area contributed by atoms with Gasteiger partial charge < -0.3 is 16.6 Å². The first-order valence-corrected chi connectivity index (χ1v) is 5.56. The van der Waals surface area contributed by atoms with Crippen molar-refractivity contribution in [2.75, 3.05) is 5.73 Å². The number of hydrogen-bond acceptors (Lipinski definition) is 3.